The molecular formula is C32H41N7O2. The summed E-state index contributed by atoms with van der Waals surface area (Å²) in [6.07, 6.45) is 4.48. The molecule has 41 heavy (non-hydrogen) atoms. The molecule has 0 saturated heterocycles. The molecule has 0 amide bonds. The van der Waals surface area contributed by atoms with Crippen LogP contribution in [0, 0.1) is 6.92 Å². The molecule has 0 atom stereocenters. The molecule has 2 heterocycles. The third-order valence-corrected chi connectivity index (χ3v) is 7.09. The molecule has 0 unspecified atom stereocenters. The first-order valence-corrected chi connectivity index (χ1v) is 13.9. The highest BCUT2D eigenvalue weighted by atomic mass is 16.5. The SMILES string of the molecule is COc1ccc(C(C)(C)C)cc1C(=O)Cc1ccc(C)c(Nc2ncnc3cnc(N(C)CCCN(C)C)nc23)c1. The number of rotatable bonds is 11. The van der Waals surface area contributed by atoms with Gasteiger partial charge in [-0.3, -0.25) is 4.79 Å². The fraction of sp³-hybridized carbons (Fsp3) is 0.406. The van der Waals surface area contributed by atoms with Crippen LogP contribution in [0.5, 0.6) is 5.75 Å². The first kappa shape index (κ1) is 29.9. The molecule has 216 valence electrons. The Kier molecular flexibility index (Phi) is 9.18. The van der Waals surface area contributed by atoms with Gasteiger partial charge in [-0.25, -0.2) is 19.9 Å². The van der Waals surface area contributed by atoms with E-state index in [9.17, 15) is 4.79 Å². The number of carbonyl (C=O) groups excluding carboxylic acids is 1. The molecule has 0 aliphatic heterocycles. The summed E-state index contributed by atoms with van der Waals surface area (Å²) in [5, 5.41) is 3.44. The van der Waals surface area contributed by atoms with Crippen molar-refractivity contribution in [3.63, 3.8) is 0 Å². The van der Waals surface area contributed by atoms with Crippen molar-refractivity contribution in [3.05, 3.63) is 71.2 Å². The van der Waals surface area contributed by atoms with Crippen molar-refractivity contribution in [2.75, 3.05) is 51.6 Å². The van der Waals surface area contributed by atoms with Crippen LogP contribution >= 0.6 is 0 Å². The highest BCUT2D eigenvalue weighted by molar-refractivity contribution is 6.00. The van der Waals surface area contributed by atoms with Crippen molar-refractivity contribution in [1.82, 2.24) is 24.8 Å². The van der Waals surface area contributed by atoms with Gasteiger partial charge in [0, 0.05) is 25.7 Å². The number of methoxy groups -OCH3 is 1. The summed E-state index contributed by atoms with van der Waals surface area (Å²) in [6, 6.07) is 11.8. The Morgan fingerprint density at radius 2 is 1.78 bits per heavy atom. The van der Waals surface area contributed by atoms with Crippen LogP contribution in [-0.4, -0.2) is 72.0 Å². The second-order valence-corrected chi connectivity index (χ2v) is 11.7. The molecule has 0 aliphatic carbocycles. The van der Waals surface area contributed by atoms with Crippen molar-refractivity contribution in [2.24, 2.45) is 0 Å². The van der Waals surface area contributed by atoms with Gasteiger partial charge in [0.25, 0.3) is 0 Å². The van der Waals surface area contributed by atoms with E-state index in [0.29, 0.717) is 34.1 Å². The Bertz CT molecular complexity index is 1530. The van der Waals surface area contributed by atoms with Gasteiger partial charge < -0.3 is 19.9 Å². The van der Waals surface area contributed by atoms with Crippen LogP contribution in [-0.2, 0) is 11.8 Å². The molecule has 9 nitrogen and oxygen atoms in total. The molecule has 0 fully saturated rings. The number of carbonyl (C=O) groups is 1. The number of benzene rings is 2. The van der Waals surface area contributed by atoms with Gasteiger partial charge in [0.05, 0.1) is 18.9 Å². The number of aryl methyl sites for hydroxylation is 1. The average molecular weight is 556 g/mol. The van der Waals surface area contributed by atoms with Gasteiger partial charge in [-0.2, -0.15) is 0 Å². The van der Waals surface area contributed by atoms with E-state index >= 15 is 0 Å². The normalized spacial score (nSPS) is 11.6. The van der Waals surface area contributed by atoms with Crippen molar-refractivity contribution in [1.29, 1.82) is 0 Å². The summed E-state index contributed by atoms with van der Waals surface area (Å²) in [6.45, 7) is 10.2. The molecule has 9 heteroatoms. The fourth-order valence-corrected chi connectivity index (χ4v) is 4.56. The van der Waals surface area contributed by atoms with E-state index in [1.54, 1.807) is 13.3 Å². The lowest BCUT2D eigenvalue weighted by Gasteiger charge is -2.21. The third-order valence-electron chi connectivity index (χ3n) is 7.09. The maximum atomic E-state index is 13.5. The van der Waals surface area contributed by atoms with Crippen LogP contribution in [0.3, 0.4) is 0 Å². The van der Waals surface area contributed by atoms with Gasteiger partial charge in [0.15, 0.2) is 11.6 Å². The Labute approximate surface area is 243 Å². The van der Waals surface area contributed by atoms with Crippen LogP contribution < -0.4 is 15.0 Å². The van der Waals surface area contributed by atoms with E-state index in [1.807, 2.05) is 55.3 Å². The Balaban J connectivity index is 1.59. The number of anilines is 3. The summed E-state index contributed by atoms with van der Waals surface area (Å²) in [4.78, 5) is 35.9. The van der Waals surface area contributed by atoms with Gasteiger partial charge in [0.2, 0.25) is 5.95 Å². The number of aromatic nitrogens is 4. The number of hydrogen-bond donors (Lipinski definition) is 1. The number of hydrogen-bond acceptors (Lipinski definition) is 9. The van der Waals surface area contributed by atoms with Crippen LogP contribution in [0.2, 0.25) is 0 Å². The number of ketones is 1. The van der Waals surface area contributed by atoms with Gasteiger partial charge in [-0.15, -0.1) is 0 Å². The number of ether oxygens (including phenoxy) is 1. The quantitative estimate of drug-likeness (QED) is 0.238. The molecule has 0 saturated carbocycles. The van der Waals surface area contributed by atoms with Crippen molar-refractivity contribution in [2.45, 2.75) is 46.0 Å². The topological polar surface area (TPSA) is 96.4 Å². The van der Waals surface area contributed by atoms with Crippen molar-refractivity contribution < 1.29 is 9.53 Å². The van der Waals surface area contributed by atoms with Crippen LogP contribution in [0.15, 0.2) is 48.9 Å². The largest absolute Gasteiger partial charge is 0.496 e. The van der Waals surface area contributed by atoms with Crippen LogP contribution in [0.25, 0.3) is 11.0 Å². The molecule has 2 aromatic carbocycles. The Morgan fingerprint density at radius 1 is 1.00 bits per heavy atom. The molecule has 4 aromatic rings. The zero-order chi connectivity index (χ0) is 29.7. The molecule has 1 N–H and O–H groups in total. The van der Waals surface area contributed by atoms with Crippen LogP contribution in [0.1, 0.15) is 54.2 Å². The highest BCUT2D eigenvalue weighted by Crippen LogP contribution is 2.30. The maximum absolute atomic E-state index is 13.5. The van der Waals surface area contributed by atoms with E-state index in [-0.39, 0.29) is 17.6 Å². The van der Waals surface area contributed by atoms with E-state index in [0.717, 1.165) is 41.9 Å². The number of Topliss-reactive ketones (excluding diaryl/α,β-unsaturated/α-hetero) is 1. The van der Waals surface area contributed by atoms with E-state index in [1.165, 1.54) is 6.33 Å². The summed E-state index contributed by atoms with van der Waals surface area (Å²) in [5.41, 5.74) is 5.67. The molecule has 2 aromatic heterocycles. The predicted octanol–water partition coefficient (Wildman–Crippen LogP) is 5.59. The molecule has 0 radical (unpaired) electrons. The monoisotopic (exact) mass is 555 g/mol. The van der Waals surface area contributed by atoms with Gasteiger partial charge in [-0.1, -0.05) is 39.0 Å². The first-order chi connectivity index (χ1) is 19.5. The lowest BCUT2D eigenvalue weighted by Crippen LogP contribution is -2.24. The lowest BCUT2D eigenvalue weighted by atomic mass is 9.85. The number of nitrogens with zero attached hydrogens (tertiary/aromatic N) is 6. The fourth-order valence-electron chi connectivity index (χ4n) is 4.56. The highest BCUT2D eigenvalue weighted by Gasteiger charge is 2.20. The van der Waals surface area contributed by atoms with Crippen molar-refractivity contribution >= 4 is 34.3 Å². The minimum atomic E-state index is -0.0764. The second kappa shape index (κ2) is 12.6. The average Bonchev–Trinajstić information content (AvgIpc) is 2.93. The van der Waals surface area contributed by atoms with Crippen LogP contribution in [0.4, 0.5) is 17.5 Å². The smallest absolute Gasteiger partial charge is 0.225 e. The molecule has 4 rings (SSSR count). The summed E-state index contributed by atoms with van der Waals surface area (Å²) < 4.78 is 5.53. The summed E-state index contributed by atoms with van der Waals surface area (Å²) in [5.74, 6) is 1.80. The van der Waals surface area contributed by atoms with Gasteiger partial charge >= 0.3 is 0 Å². The standard InChI is InChI=1S/C32H41N7O2/c1-21-10-11-22(17-27(40)24-18-23(32(2,3)4)12-13-28(24)41-8)16-25(21)36-30-29-26(34-20-35-30)19-33-31(37-29)39(7)15-9-14-38(5)6/h10-13,16,18-20H,9,14-15,17H2,1-8H3,(H,34,35,36). The zero-order valence-corrected chi connectivity index (χ0v) is 25.4. The summed E-state index contributed by atoms with van der Waals surface area (Å²) >= 11 is 0. The zero-order valence-electron chi connectivity index (χ0n) is 25.4. The van der Waals surface area contributed by atoms with E-state index in [2.05, 4.69) is 60.0 Å². The van der Waals surface area contributed by atoms with E-state index in [4.69, 9.17) is 9.72 Å². The number of nitrogens with one attached hydrogen (secondary N) is 1. The minimum absolute atomic E-state index is 0.00456. The first-order valence-electron chi connectivity index (χ1n) is 13.9. The maximum Gasteiger partial charge on any atom is 0.225 e. The summed E-state index contributed by atoms with van der Waals surface area (Å²) in [7, 11) is 7.72. The second-order valence-electron chi connectivity index (χ2n) is 11.7. The molecule has 0 spiro atoms. The van der Waals surface area contributed by atoms with Gasteiger partial charge in [0.1, 0.15) is 23.1 Å². The third kappa shape index (κ3) is 7.35. The van der Waals surface area contributed by atoms with Crippen molar-refractivity contribution in [3.8, 4) is 5.75 Å². The Morgan fingerprint density at radius 3 is 2.49 bits per heavy atom. The molecule has 0 bridgehead atoms. The number of fused-ring (bicyclic) bond motifs is 1. The van der Waals surface area contributed by atoms with Gasteiger partial charge in [-0.05, 0) is 74.3 Å². The molecule has 0 aliphatic rings. The Hall–Kier alpha value is -4.11. The van der Waals surface area contributed by atoms with E-state index < -0.39 is 0 Å². The predicted molar refractivity (Wildman–Crippen MR) is 166 cm³/mol. The molecular weight excluding hydrogens is 514 g/mol. The minimum Gasteiger partial charge on any atom is -0.496 e. The lowest BCUT2D eigenvalue weighted by molar-refractivity contribution is 0.0990.